The maximum atomic E-state index is 12.7. The first kappa shape index (κ1) is 22.4. The van der Waals surface area contributed by atoms with Crippen LogP contribution >= 0.6 is 11.8 Å². The molecule has 2 N–H and O–H groups in total. The number of sulfone groups is 1. The number of amides is 2. The Morgan fingerprint density at radius 1 is 1.17 bits per heavy atom. The van der Waals surface area contributed by atoms with E-state index in [1.54, 1.807) is 12.1 Å². The molecule has 2 aromatic carbocycles. The Balaban J connectivity index is 1.64. The summed E-state index contributed by atoms with van der Waals surface area (Å²) < 4.78 is 25.5. The van der Waals surface area contributed by atoms with Gasteiger partial charge in [-0.2, -0.15) is 0 Å². The Morgan fingerprint density at radius 2 is 1.87 bits per heavy atom. The highest BCUT2D eigenvalue weighted by molar-refractivity contribution is 8.01. The molecule has 3 rings (SSSR count). The van der Waals surface area contributed by atoms with Crippen LogP contribution in [0.1, 0.15) is 45.1 Å². The van der Waals surface area contributed by atoms with Crippen LogP contribution in [0.5, 0.6) is 0 Å². The zero-order chi connectivity index (χ0) is 21.9. The van der Waals surface area contributed by atoms with Crippen LogP contribution in [0.2, 0.25) is 0 Å². The third-order valence-corrected chi connectivity index (χ3v) is 8.10. The van der Waals surface area contributed by atoms with Gasteiger partial charge < -0.3 is 10.6 Å². The molecule has 0 aromatic heterocycles. The van der Waals surface area contributed by atoms with Crippen LogP contribution in [0.4, 0.5) is 11.4 Å². The SMILES string of the molecule is CCC1Sc2cc(S(=O)(=O)CCC(=O)Nc3ccc(C(C)C)cc3)ccc2NC1=O. The highest BCUT2D eigenvalue weighted by atomic mass is 32.2. The van der Waals surface area contributed by atoms with E-state index in [-0.39, 0.29) is 34.1 Å². The summed E-state index contributed by atoms with van der Waals surface area (Å²) in [5.74, 6) is -0.295. The average molecular weight is 447 g/mol. The minimum absolute atomic E-state index is 0.0660. The Morgan fingerprint density at radius 3 is 2.50 bits per heavy atom. The van der Waals surface area contributed by atoms with E-state index in [2.05, 4.69) is 24.5 Å². The van der Waals surface area contributed by atoms with Crippen molar-refractivity contribution in [3.05, 3.63) is 48.0 Å². The molecule has 8 heteroatoms. The van der Waals surface area contributed by atoms with Crippen molar-refractivity contribution in [1.29, 1.82) is 0 Å². The molecule has 1 atom stereocenters. The summed E-state index contributed by atoms with van der Waals surface area (Å²) in [6, 6.07) is 12.2. The van der Waals surface area contributed by atoms with E-state index in [4.69, 9.17) is 0 Å². The zero-order valence-electron chi connectivity index (χ0n) is 17.3. The van der Waals surface area contributed by atoms with Crippen molar-refractivity contribution in [3.8, 4) is 0 Å². The van der Waals surface area contributed by atoms with E-state index in [9.17, 15) is 18.0 Å². The lowest BCUT2D eigenvalue weighted by Gasteiger charge is -2.23. The van der Waals surface area contributed by atoms with Gasteiger partial charge in [-0.1, -0.05) is 32.9 Å². The summed E-state index contributed by atoms with van der Waals surface area (Å²) in [6.45, 7) is 6.10. The molecule has 0 bridgehead atoms. The summed E-state index contributed by atoms with van der Waals surface area (Å²) >= 11 is 1.37. The topological polar surface area (TPSA) is 92.3 Å². The summed E-state index contributed by atoms with van der Waals surface area (Å²) in [4.78, 5) is 25.1. The van der Waals surface area contributed by atoms with Crippen LogP contribution in [0.15, 0.2) is 52.3 Å². The molecule has 0 fully saturated rings. The molecule has 0 spiro atoms. The smallest absolute Gasteiger partial charge is 0.237 e. The van der Waals surface area contributed by atoms with E-state index in [1.165, 1.54) is 23.4 Å². The highest BCUT2D eigenvalue weighted by Crippen LogP contribution is 2.38. The fraction of sp³-hybridized carbons (Fsp3) is 0.364. The summed E-state index contributed by atoms with van der Waals surface area (Å²) in [5, 5.41) is 5.32. The number of anilines is 2. The molecule has 6 nitrogen and oxygen atoms in total. The monoisotopic (exact) mass is 446 g/mol. The number of hydrogen-bond acceptors (Lipinski definition) is 5. The normalized spacial score (nSPS) is 16.1. The van der Waals surface area contributed by atoms with Gasteiger partial charge in [-0.15, -0.1) is 11.8 Å². The number of fused-ring (bicyclic) bond motifs is 1. The van der Waals surface area contributed by atoms with Gasteiger partial charge >= 0.3 is 0 Å². The molecule has 2 amide bonds. The molecule has 1 heterocycles. The number of thioether (sulfide) groups is 1. The average Bonchev–Trinajstić information content (AvgIpc) is 2.72. The van der Waals surface area contributed by atoms with E-state index < -0.39 is 9.84 Å². The summed E-state index contributed by atoms with van der Waals surface area (Å²) in [6.07, 6.45) is 0.526. The van der Waals surface area contributed by atoms with Crippen molar-refractivity contribution in [2.24, 2.45) is 0 Å². The van der Waals surface area contributed by atoms with Gasteiger partial charge in [0.05, 0.1) is 21.6 Å². The first-order chi connectivity index (χ1) is 14.2. The Kier molecular flexibility index (Phi) is 6.88. The minimum atomic E-state index is -3.62. The molecule has 0 radical (unpaired) electrons. The zero-order valence-corrected chi connectivity index (χ0v) is 18.9. The van der Waals surface area contributed by atoms with Crippen LogP contribution < -0.4 is 10.6 Å². The lowest BCUT2D eigenvalue weighted by Crippen LogP contribution is -2.28. The van der Waals surface area contributed by atoms with Crippen molar-refractivity contribution in [3.63, 3.8) is 0 Å². The van der Waals surface area contributed by atoms with Gasteiger partial charge in [-0.05, 0) is 48.2 Å². The first-order valence-electron chi connectivity index (χ1n) is 9.93. The number of benzene rings is 2. The van der Waals surface area contributed by atoms with Crippen LogP contribution in [-0.2, 0) is 19.4 Å². The van der Waals surface area contributed by atoms with Crippen LogP contribution in [-0.4, -0.2) is 31.2 Å². The molecule has 1 aliphatic heterocycles. The Labute approximate surface area is 181 Å². The van der Waals surface area contributed by atoms with E-state index in [0.717, 1.165) is 4.90 Å². The van der Waals surface area contributed by atoms with E-state index in [0.29, 0.717) is 23.7 Å². The molecule has 1 unspecified atom stereocenters. The molecule has 1 aliphatic rings. The van der Waals surface area contributed by atoms with Gasteiger partial charge in [0, 0.05) is 17.0 Å². The van der Waals surface area contributed by atoms with Gasteiger partial charge in [0.1, 0.15) is 0 Å². The number of carbonyl (C=O) groups is 2. The third kappa shape index (κ3) is 5.23. The standard InChI is InChI=1S/C22H26N2O4S2/c1-4-19-22(26)24-18-10-9-17(13-20(18)29-19)30(27,28)12-11-21(25)23-16-7-5-15(6-8-16)14(2)3/h5-10,13-14,19H,4,11-12H2,1-3H3,(H,23,25)(H,24,26). The van der Waals surface area contributed by atoms with Crippen LogP contribution in [0.25, 0.3) is 0 Å². The van der Waals surface area contributed by atoms with Crippen molar-refractivity contribution >= 4 is 44.8 Å². The van der Waals surface area contributed by atoms with Crippen molar-refractivity contribution in [1.82, 2.24) is 0 Å². The van der Waals surface area contributed by atoms with E-state index >= 15 is 0 Å². The van der Waals surface area contributed by atoms with E-state index in [1.807, 2.05) is 31.2 Å². The Bertz CT molecular complexity index is 1050. The molecule has 2 aromatic rings. The van der Waals surface area contributed by atoms with Gasteiger partial charge in [-0.3, -0.25) is 9.59 Å². The molecular formula is C22H26N2O4S2. The highest BCUT2D eigenvalue weighted by Gasteiger charge is 2.27. The maximum Gasteiger partial charge on any atom is 0.237 e. The maximum absolute atomic E-state index is 12.7. The van der Waals surface area contributed by atoms with Gasteiger partial charge in [-0.25, -0.2) is 8.42 Å². The number of hydrogen-bond donors (Lipinski definition) is 2. The first-order valence-corrected chi connectivity index (χ1v) is 12.5. The van der Waals surface area contributed by atoms with Crippen LogP contribution in [0.3, 0.4) is 0 Å². The molecule has 160 valence electrons. The van der Waals surface area contributed by atoms with Gasteiger partial charge in [0.2, 0.25) is 11.8 Å². The molecule has 0 aliphatic carbocycles. The number of nitrogens with one attached hydrogen (secondary N) is 2. The fourth-order valence-corrected chi connectivity index (χ4v) is 5.52. The van der Waals surface area contributed by atoms with Gasteiger partial charge in [0.15, 0.2) is 9.84 Å². The van der Waals surface area contributed by atoms with Crippen molar-refractivity contribution < 1.29 is 18.0 Å². The molecule has 0 saturated heterocycles. The lowest BCUT2D eigenvalue weighted by atomic mass is 10.0. The van der Waals surface area contributed by atoms with Crippen LogP contribution in [0, 0.1) is 0 Å². The molecular weight excluding hydrogens is 420 g/mol. The fourth-order valence-electron chi connectivity index (χ4n) is 3.11. The quantitative estimate of drug-likeness (QED) is 0.656. The predicted molar refractivity (Wildman–Crippen MR) is 121 cm³/mol. The number of rotatable bonds is 7. The number of carbonyl (C=O) groups excluding carboxylic acids is 2. The second-order valence-corrected chi connectivity index (χ2v) is 10.9. The molecule has 0 saturated carbocycles. The second kappa shape index (κ2) is 9.22. The lowest BCUT2D eigenvalue weighted by molar-refractivity contribution is -0.116. The van der Waals surface area contributed by atoms with Crippen molar-refractivity contribution in [2.45, 2.75) is 54.6 Å². The third-order valence-electron chi connectivity index (χ3n) is 4.96. The second-order valence-electron chi connectivity index (χ2n) is 7.56. The van der Waals surface area contributed by atoms with Crippen molar-refractivity contribution in [2.75, 3.05) is 16.4 Å². The Hall–Kier alpha value is -2.32. The largest absolute Gasteiger partial charge is 0.326 e. The molecule has 30 heavy (non-hydrogen) atoms. The minimum Gasteiger partial charge on any atom is -0.326 e. The van der Waals surface area contributed by atoms with Gasteiger partial charge in [0.25, 0.3) is 0 Å². The predicted octanol–water partition coefficient (Wildman–Crippen LogP) is 4.44. The summed E-state index contributed by atoms with van der Waals surface area (Å²) in [5.41, 5.74) is 2.44. The summed E-state index contributed by atoms with van der Waals surface area (Å²) in [7, 11) is -3.62.